The smallest absolute Gasteiger partial charge is 0.310 e. The second-order valence-corrected chi connectivity index (χ2v) is 5.78. The van der Waals surface area contributed by atoms with Crippen molar-refractivity contribution in [1.29, 1.82) is 0 Å². The van der Waals surface area contributed by atoms with Crippen molar-refractivity contribution >= 4 is 23.4 Å². The molecule has 0 unspecified atom stereocenters. The van der Waals surface area contributed by atoms with Gasteiger partial charge in [0.2, 0.25) is 0 Å². The highest BCUT2D eigenvalue weighted by atomic mass is 35.5. The Kier molecular flexibility index (Phi) is 3.31. The fraction of sp³-hybridized carbons (Fsp3) is 0.467. The number of esters is 1. The van der Waals surface area contributed by atoms with E-state index in [2.05, 4.69) is 0 Å². The van der Waals surface area contributed by atoms with Crippen LogP contribution >= 0.6 is 11.6 Å². The molecule has 3 rings (SSSR count). The number of ketones is 1. The third kappa shape index (κ3) is 2.98. The van der Waals surface area contributed by atoms with Crippen molar-refractivity contribution in [2.24, 2.45) is 11.8 Å². The molecule has 0 N–H and O–H groups in total. The molecule has 0 aliphatic heterocycles. The zero-order chi connectivity index (χ0) is 13.4. The number of halogens is 1. The second-order valence-electron chi connectivity index (χ2n) is 5.35. The molecule has 2 atom stereocenters. The van der Waals surface area contributed by atoms with E-state index >= 15 is 0 Å². The molecule has 4 heteroatoms. The first-order chi connectivity index (χ1) is 9.15. The fourth-order valence-electron chi connectivity index (χ4n) is 2.31. The van der Waals surface area contributed by atoms with E-state index in [-0.39, 0.29) is 36.1 Å². The predicted octanol–water partition coefficient (Wildman–Crippen LogP) is 2.97. The van der Waals surface area contributed by atoms with Crippen molar-refractivity contribution < 1.29 is 14.3 Å². The number of ether oxygens (including phenoxy) is 1. The van der Waals surface area contributed by atoms with Crippen LogP contribution in [0.2, 0.25) is 5.02 Å². The minimum atomic E-state index is -0.242. The van der Waals surface area contributed by atoms with E-state index in [1.807, 2.05) is 24.3 Å². The van der Waals surface area contributed by atoms with E-state index in [4.69, 9.17) is 16.3 Å². The molecular formula is C15H15ClO3. The molecule has 19 heavy (non-hydrogen) atoms. The van der Waals surface area contributed by atoms with Crippen LogP contribution in [0, 0.1) is 11.8 Å². The molecule has 0 saturated heterocycles. The third-order valence-electron chi connectivity index (χ3n) is 3.78. The summed E-state index contributed by atoms with van der Waals surface area (Å²) in [7, 11) is 0. The Morgan fingerprint density at radius 1 is 1.21 bits per heavy atom. The number of rotatable bonds is 5. The van der Waals surface area contributed by atoms with Crippen molar-refractivity contribution in [3.63, 3.8) is 0 Å². The van der Waals surface area contributed by atoms with Crippen molar-refractivity contribution in [1.82, 2.24) is 0 Å². The van der Waals surface area contributed by atoms with Crippen LogP contribution in [-0.2, 0) is 14.3 Å². The van der Waals surface area contributed by atoms with Gasteiger partial charge in [0.05, 0.1) is 5.92 Å². The van der Waals surface area contributed by atoms with Gasteiger partial charge < -0.3 is 4.74 Å². The number of hydrogen-bond acceptors (Lipinski definition) is 3. The summed E-state index contributed by atoms with van der Waals surface area (Å²) in [6.45, 7) is -0.0483. The van der Waals surface area contributed by atoms with Gasteiger partial charge in [-0.15, -0.1) is 0 Å². The van der Waals surface area contributed by atoms with Crippen LogP contribution in [0.4, 0.5) is 0 Å². The quantitative estimate of drug-likeness (QED) is 0.778. The summed E-state index contributed by atoms with van der Waals surface area (Å²) in [6, 6.07) is 7.54. The number of hydrogen-bond donors (Lipinski definition) is 0. The van der Waals surface area contributed by atoms with Gasteiger partial charge in [-0.1, -0.05) is 23.7 Å². The van der Waals surface area contributed by atoms with Crippen molar-refractivity contribution in [2.75, 3.05) is 6.61 Å². The molecule has 0 amide bonds. The number of Topliss-reactive ketones (excluding diaryl/α,β-unsaturated/α-hetero) is 1. The summed E-state index contributed by atoms with van der Waals surface area (Å²) in [5, 5.41) is 0.693. The van der Waals surface area contributed by atoms with Gasteiger partial charge in [0.1, 0.15) is 6.61 Å². The third-order valence-corrected chi connectivity index (χ3v) is 4.03. The van der Waals surface area contributed by atoms with E-state index in [9.17, 15) is 9.59 Å². The molecule has 0 radical (unpaired) electrons. The van der Waals surface area contributed by atoms with Gasteiger partial charge in [0, 0.05) is 10.9 Å². The highest BCUT2D eigenvalue weighted by Gasteiger charge is 2.45. The van der Waals surface area contributed by atoms with E-state index in [1.165, 1.54) is 0 Å². The summed E-state index contributed by atoms with van der Waals surface area (Å²) in [5.74, 6) is 0.110. The Hall–Kier alpha value is -1.35. The van der Waals surface area contributed by atoms with Crippen LogP contribution in [0.1, 0.15) is 30.7 Å². The average Bonchev–Trinajstić information content (AvgIpc) is 3.28. The predicted molar refractivity (Wildman–Crippen MR) is 71.0 cm³/mol. The summed E-state index contributed by atoms with van der Waals surface area (Å²) in [4.78, 5) is 23.3. The lowest BCUT2D eigenvalue weighted by atomic mass is 10.1. The van der Waals surface area contributed by atoms with Crippen LogP contribution < -0.4 is 0 Å². The molecule has 1 aromatic rings. The van der Waals surface area contributed by atoms with Crippen molar-refractivity contribution in [2.45, 2.75) is 25.2 Å². The van der Waals surface area contributed by atoms with Gasteiger partial charge >= 0.3 is 5.97 Å². The van der Waals surface area contributed by atoms with Gasteiger partial charge in [0.25, 0.3) is 0 Å². The van der Waals surface area contributed by atoms with E-state index in [1.54, 1.807) is 0 Å². The summed E-state index contributed by atoms with van der Waals surface area (Å²) < 4.78 is 5.09. The van der Waals surface area contributed by atoms with Crippen LogP contribution in [0.15, 0.2) is 24.3 Å². The van der Waals surface area contributed by atoms with Gasteiger partial charge in [-0.05, 0) is 42.9 Å². The van der Waals surface area contributed by atoms with Crippen molar-refractivity contribution in [3.8, 4) is 0 Å². The topological polar surface area (TPSA) is 43.4 Å². The van der Waals surface area contributed by atoms with E-state index in [0.717, 1.165) is 24.8 Å². The standard InChI is InChI=1S/C15H15ClO3/c16-11-5-3-9(4-6-11)12-7-13(12)15(18)19-8-14(17)10-1-2-10/h3-6,10,12-13H,1-2,7-8H2/t12-,13+/m1/s1. The Labute approximate surface area is 116 Å². The maximum atomic E-state index is 11.8. The highest BCUT2D eigenvalue weighted by Crippen LogP contribution is 2.48. The van der Waals surface area contributed by atoms with Gasteiger partial charge in [-0.2, -0.15) is 0 Å². The molecule has 0 heterocycles. The first-order valence-corrected chi connectivity index (χ1v) is 6.98. The molecule has 0 bridgehead atoms. The molecule has 2 aliphatic rings. The molecule has 2 saturated carbocycles. The molecule has 2 fully saturated rings. The summed E-state index contributed by atoms with van der Waals surface area (Å²) in [6.07, 6.45) is 2.71. The maximum Gasteiger partial charge on any atom is 0.310 e. The zero-order valence-corrected chi connectivity index (χ0v) is 11.2. The normalized spacial score (nSPS) is 24.9. The number of carbonyl (C=O) groups is 2. The Bertz CT molecular complexity index is 505. The largest absolute Gasteiger partial charge is 0.457 e. The number of carbonyl (C=O) groups excluding carboxylic acids is 2. The number of benzene rings is 1. The highest BCUT2D eigenvalue weighted by molar-refractivity contribution is 6.30. The average molecular weight is 279 g/mol. The van der Waals surface area contributed by atoms with Gasteiger partial charge in [0.15, 0.2) is 5.78 Å². The van der Waals surface area contributed by atoms with Gasteiger partial charge in [-0.3, -0.25) is 9.59 Å². The summed E-state index contributed by atoms with van der Waals surface area (Å²) in [5.41, 5.74) is 1.11. The summed E-state index contributed by atoms with van der Waals surface area (Å²) >= 11 is 5.83. The fourth-order valence-corrected chi connectivity index (χ4v) is 2.43. The first kappa shape index (κ1) is 12.7. The molecular weight excluding hydrogens is 264 g/mol. The molecule has 0 spiro atoms. The lowest BCUT2D eigenvalue weighted by Gasteiger charge is -2.03. The Morgan fingerprint density at radius 3 is 2.53 bits per heavy atom. The molecule has 3 nitrogen and oxygen atoms in total. The minimum absolute atomic E-state index is 0.0483. The molecule has 0 aromatic heterocycles. The monoisotopic (exact) mass is 278 g/mol. The first-order valence-electron chi connectivity index (χ1n) is 6.60. The van der Waals surface area contributed by atoms with E-state index < -0.39 is 0 Å². The maximum absolute atomic E-state index is 11.8. The molecule has 2 aliphatic carbocycles. The lowest BCUT2D eigenvalue weighted by Crippen LogP contribution is -2.16. The molecule has 100 valence electrons. The second kappa shape index (κ2) is 4.97. The SMILES string of the molecule is O=C(COC(=O)[C@H]1C[C@@H]1c1ccc(Cl)cc1)C1CC1. The minimum Gasteiger partial charge on any atom is -0.457 e. The van der Waals surface area contributed by atoms with Crippen molar-refractivity contribution in [3.05, 3.63) is 34.9 Å². The Morgan fingerprint density at radius 2 is 1.89 bits per heavy atom. The van der Waals surface area contributed by atoms with Crippen LogP contribution in [0.3, 0.4) is 0 Å². The lowest BCUT2D eigenvalue weighted by molar-refractivity contribution is -0.149. The van der Waals surface area contributed by atoms with Crippen LogP contribution in [0.5, 0.6) is 0 Å². The molecule has 1 aromatic carbocycles. The zero-order valence-electron chi connectivity index (χ0n) is 10.5. The van der Waals surface area contributed by atoms with Crippen LogP contribution in [-0.4, -0.2) is 18.4 Å². The van der Waals surface area contributed by atoms with Gasteiger partial charge in [-0.25, -0.2) is 0 Å². The van der Waals surface area contributed by atoms with Crippen LogP contribution in [0.25, 0.3) is 0 Å². The van der Waals surface area contributed by atoms with E-state index in [0.29, 0.717) is 5.02 Å². The Balaban J connectivity index is 1.49.